The molecule has 2 aliphatic carbocycles. The highest BCUT2D eigenvalue weighted by Gasteiger charge is 2.76. The highest BCUT2D eigenvalue weighted by Crippen LogP contribution is 2.67. The molecular weight excluding hydrogens is 580 g/mol. The Balaban J connectivity index is 1.15. The van der Waals surface area contributed by atoms with Gasteiger partial charge in [-0.2, -0.15) is 0 Å². The van der Waals surface area contributed by atoms with E-state index in [9.17, 15) is 14.7 Å². The van der Waals surface area contributed by atoms with Crippen molar-refractivity contribution in [3.8, 4) is 0 Å². The molecule has 7 heteroatoms. The molecule has 0 aromatic carbocycles. The van der Waals surface area contributed by atoms with E-state index in [-0.39, 0.29) is 46.2 Å². The molecular formula is C39H50O7. The Kier molecular flexibility index (Phi) is 8.72. The molecule has 5 aliphatic rings. The van der Waals surface area contributed by atoms with Crippen LogP contribution in [0.4, 0.5) is 0 Å². The van der Waals surface area contributed by atoms with Crippen LogP contribution in [0, 0.1) is 10.8 Å². The Morgan fingerprint density at radius 2 is 1.41 bits per heavy atom. The van der Waals surface area contributed by atoms with Crippen LogP contribution in [0.25, 0.3) is 0 Å². The van der Waals surface area contributed by atoms with Gasteiger partial charge in [0.25, 0.3) is 0 Å². The topological polar surface area (TPSA) is 97.9 Å². The molecule has 0 radical (unpaired) electrons. The Hall–Kier alpha value is -3.26. The quantitative estimate of drug-likeness (QED) is 0.160. The number of cyclic esters (lactones) is 1. The largest absolute Gasteiger partial charge is 0.462 e. The van der Waals surface area contributed by atoms with Gasteiger partial charge in [0.2, 0.25) is 0 Å². The molecule has 2 saturated heterocycles. The van der Waals surface area contributed by atoms with Crippen molar-refractivity contribution in [3.63, 3.8) is 0 Å². The molecule has 0 spiro atoms. The molecule has 4 fully saturated rings. The fourth-order valence-corrected chi connectivity index (χ4v) is 8.36. The second-order valence-corrected chi connectivity index (χ2v) is 15.4. The maximum Gasteiger partial charge on any atom is 0.343 e. The molecule has 46 heavy (non-hydrogen) atoms. The van der Waals surface area contributed by atoms with Crippen LogP contribution in [0.3, 0.4) is 0 Å². The smallest absolute Gasteiger partial charge is 0.343 e. The van der Waals surface area contributed by atoms with Gasteiger partial charge in [-0.15, -0.1) is 0 Å². The standard InChI is InChI=1S/C39H50O7/c1-26(16-18-38-35(6,7)24-32(43-28(3)40)25-37(38,9)46-38)14-12-10-11-13-15-27(2)20-31-21-29(33(42)44-31)17-19-39-34(4,5)22-30(41)23-36(39,8)45-39/h10-21,30,32,41H,22-25H2,1-9H3/b12-10+,13-11+,18-16+,19-17+,26-14+,27-15+,31-20+. The van der Waals surface area contributed by atoms with Gasteiger partial charge in [-0.3, -0.25) is 4.79 Å². The van der Waals surface area contributed by atoms with Crippen molar-refractivity contribution in [3.05, 3.63) is 95.4 Å². The van der Waals surface area contributed by atoms with E-state index in [2.05, 4.69) is 59.8 Å². The molecule has 6 atom stereocenters. The Bertz CT molecular complexity index is 1530. The van der Waals surface area contributed by atoms with Crippen LogP contribution in [-0.2, 0) is 28.5 Å². The molecule has 0 amide bonds. The van der Waals surface area contributed by atoms with Gasteiger partial charge < -0.3 is 24.1 Å². The van der Waals surface area contributed by atoms with Crippen molar-refractivity contribution in [2.24, 2.45) is 10.8 Å². The minimum Gasteiger partial charge on any atom is -0.462 e. The summed E-state index contributed by atoms with van der Waals surface area (Å²) in [6.07, 6.45) is 25.7. The molecule has 7 nitrogen and oxygen atoms in total. The van der Waals surface area contributed by atoms with E-state index in [0.717, 1.165) is 17.6 Å². The van der Waals surface area contributed by atoms with Crippen LogP contribution >= 0.6 is 0 Å². The SMILES string of the molecule is CC(=O)OC1CC(C)(C)C2(/C=C/C(C)=C/C=C/C=C/C=C(C)/C=C3C=C(/C=C/C45OC4(C)CC(O)CC5(C)C)C(=O)O\3)OC2(C)C1. The van der Waals surface area contributed by atoms with Crippen molar-refractivity contribution in [1.29, 1.82) is 0 Å². The molecule has 1 N–H and O–H groups in total. The highest BCUT2D eigenvalue weighted by molar-refractivity contribution is 5.95. The summed E-state index contributed by atoms with van der Waals surface area (Å²) < 4.78 is 23.5. The molecule has 6 unspecified atom stereocenters. The van der Waals surface area contributed by atoms with Crippen molar-refractivity contribution < 1.29 is 33.6 Å². The monoisotopic (exact) mass is 630 g/mol. The first kappa shape index (κ1) is 34.1. The van der Waals surface area contributed by atoms with Crippen LogP contribution < -0.4 is 0 Å². The summed E-state index contributed by atoms with van der Waals surface area (Å²) in [6, 6.07) is 0. The first-order valence-electron chi connectivity index (χ1n) is 16.3. The van der Waals surface area contributed by atoms with E-state index < -0.39 is 11.2 Å². The van der Waals surface area contributed by atoms with Crippen molar-refractivity contribution in [2.45, 2.75) is 123 Å². The minimum absolute atomic E-state index is 0.119. The number of aliphatic hydroxyl groups excluding tert-OH is 1. The van der Waals surface area contributed by atoms with Gasteiger partial charge in [0.1, 0.15) is 34.3 Å². The summed E-state index contributed by atoms with van der Waals surface area (Å²) in [6.45, 7) is 18.2. The third-order valence-corrected chi connectivity index (χ3v) is 10.6. The lowest BCUT2D eigenvalue weighted by Crippen LogP contribution is -2.47. The molecule has 0 aromatic rings. The van der Waals surface area contributed by atoms with Gasteiger partial charge >= 0.3 is 11.9 Å². The number of allylic oxidation sites excluding steroid dienone is 11. The predicted molar refractivity (Wildman–Crippen MR) is 178 cm³/mol. The van der Waals surface area contributed by atoms with Crippen molar-refractivity contribution in [1.82, 2.24) is 0 Å². The first-order valence-corrected chi connectivity index (χ1v) is 16.3. The first-order chi connectivity index (χ1) is 21.4. The predicted octanol–water partition coefficient (Wildman–Crippen LogP) is 7.46. The number of aliphatic hydroxyl groups is 1. The van der Waals surface area contributed by atoms with Crippen LogP contribution in [0.5, 0.6) is 0 Å². The van der Waals surface area contributed by atoms with Gasteiger partial charge in [0.15, 0.2) is 0 Å². The lowest BCUT2D eigenvalue weighted by Gasteiger charge is -2.40. The van der Waals surface area contributed by atoms with E-state index in [1.54, 1.807) is 12.2 Å². The van der Waals surface area contributed by atoms with Crippen molar-refractivity contribution in [2.75, 3.05) is 0 Å². The van der Waals surface area contributed by atoms with Gasteiger partial charge in [-0.25, -0.2) is 4.79 Å². The number of fused-ring (bicyclic) bond motifs is 2. The molecule has 2 saturated carbocycles. The number of esters is 2. The van der Waals surface area contributed by atoms with E-state index in [1.165, 1.54) is 6.92 Å². The number of carbonyl (C=O) groups excluding carboxylic acids is 2. The highest BCUT2D eigenvalue weighted by atomic mass is 16.6. The van der Waals surface area contributed by atoms with Crippen molar-refractivity contribution >= 4 is 11.9 Å². The number of rotatable bonds is 9. The Morgan fingerprint density at radius 3 is 2.02 bits per heavy atom. The van der Waals surface area contributed by atoms with Gasteiger partial charge in [0.05, 0.1) is 11.7 Å². The Morgan fingerprint density at radius 1 is 0.826 bits per heavy atom. The zero-order valence-electron chi connectivity index (χ0n) is 28.8. The number of ether oxygens (including phenoxy) is 4. The number of hydrogen-bond acceptors (Lipinski definition) is 7. The maximum atomic E-state index is 12.5. The zero-order chi connectivity index (χ0) is 33.8. The molecule has 0 aromatic heterocycles. The second-order valence-electron chi connectivity index (χ2n) is 15.4. The summed E-state index contributed by atoms with van der Waals surface area (Å²) in [7, 11) is 0. The lowest BCUT2D eigenvalue weighted by atomic mass is 9.63. The molecule has 248 valence electrons. The molecule has 5 rings (SSSR count). The fraction of sp³-hybridized carbons (Fsp3) is 0.538. The second kappa shape index (κ2) is 11.8. The van der Waals surface area contributed by atoms with Crippen LogP contribution in [0.15, 0.2) is 95.4 Å². The summed E-state index contributed by atoms with van der Waals surface area (Å²) >= 11 is 0. The van der Waals surface area contributed by atoms with Crippen LogP contribution in [0.1, 0.15) is 88.0 Å². The maximum absolute atomic E-state index is 12.5. The van der Waals surface area contributed by atoms with Crippen LogP contribution in [0.2, 0.25) is 0 Å². The zero-order valence-corrected chi connectivity index (χ0v) is 28.8. The molecule has 0 bridgehead atoms. The minimum atomic E-state index is -0.498. The summed E-state index contributed by atoms with van der Waals surface area (Å²) in [5, 5.41) is 10.3. The third-order valence-electron chi connectivity index (χ3n) is 10.6. The van der Waals surface area contributed by atoms with E-state index in [4.69, 9.17) is 18.9 Å². The molecule has 3 heterocycles. The normalized spacial score (nSPS) is 39.2. The van der Waals surface area contributed by atoms with E-state index in [0.29, 0.717) is 30.6 Å². The van der Waals surface area contributed by atoms with Crippen LogP contribution in [-0.4, -0.2) is 51.7 Å². The van der Waals surface area contributed by atoms with Gasteiger partial charge in [-0.05, 0) is 76.5 Å². The Labute approximate surface area is 274 Å². The average Bonchev–Trinajstić information content (AvgIpc) is 3.69. The number of hydrogen-bond donors (Lipinski definition) is 1. The van der Waals surface area contributed by atoms with E-state index >= 15 is 0 Å². The van der Waals surface area contributed by atoms with Gasteiger partial charge in [-0.1, -0.05) is 75.8 Å². The number of carbonyl (C=O) groups is 2. The summed E-state index contributed by atoms with van der Waals surface area (Å²) in [4.78, 5) is 24.1. The molecule has 3 aliphatic heterocycles. The fourth-order valence-electron chi connectivity index (χ4n) is 8.36. The average molecular weight is 631 g/mol. The summed E-state index contributed by atoms with van der Waals surface area (Å²) in [5.74, 6) is -0.123. The third kappa shape index (κ3) is 6.22. The number of epoxide rings is 2. The summed E-state index contributed by atoms with van der Waals surface area (Å²) in [5.41, 5.74) is 0.506. The van der Waals surface area contributed by atoms with Gasteiger partial charge in [0, 0.05) is 30.6 Å². The van der Waals surface area contributed by atoms with E-state index in [1.807, 2.05) is 56.4 Å². The lowest BCUT2D eigenvalue weighted by molar-refractivity contribution is -0.149.